The average molecular weight is 409 g/mol. The van der Waals surface area contributed by atoms with E-state index in [-0.39, 0.29) is 23.4 Å². The summed E-state index contributed by atoms with van der Waals surface area (Å²) in [7, 11) is 0. The van der Waals surface area contributed by atoms with Gasteiger partial charge in [0.25, 0.3) is 11.5 Å². The summed E-state index contributed by atoms with van der Waals surface area (Å²) >= 11 is 11.9. The summed E-state index contributed by atoms with van der Waals surface area (Å²) < 4.78 is 27.6. The van der Waals surface area contributed by atoms with Gasteiger partial charge in [-0.05, 0) is 35.9 Å². The first-order valence-electron chi connectivity index (χ1n) is 7.74. The number of nitrogens with zero attached hydrogens (tertiary/aromatic N) is 1. The highest BCUT2D eigenvalue weighted by molar-refractivity contribution is 6.42. The molecule has 138 valence electrons. The monoisotopic (exact) mass is 408 g/mol. The summed E-state index contributed by atoms with van der Waals surface area (Å²) in [6.07, 6.45) is 1.38. The number of hydrogen-bond donors (Lipinski definition) is 1. The van der Waals surface area contributed by atoms with Crippen molar-refractivity contribution in [3.8, 4) is 0 Å². The van der Waals surface area contributed by atoms with Gasteiger partial charge in [-0.15, -0.1) is 0 Å². The van der Waals surface area contributed by atoms with E-state index in [1.165, 1.54) is 29.0 Å². The molecule has 1 N–H and O–H groups in total. The van der Waals surface area contributed by atoms with Crippen molar-refractivity contribution in [3.05, 3.63) is 97.9 Å². The second-order valence-corrected chi connectivity index (χ2v) is 6.53. The van der Waals surface area contributed by atoms with Crippen LogP contribution in [0.2, 0.25) is 10.0 Å². The van der Waals surface area contributed by atoms with Crippen LogP contribution in [0.15, 0.2) is 59.5 Å². The van der Waals surface area contributed by atoms with Crippen molar-refractivity contribution < 1.29 is 13.6 Å². The number of hydrogen-bond acceptors (Lipinski definition) is 2. The quantitative estimate of drug-likeness (QED) is 0.677. The molecular weight excluding hydrogens is 397 g/mol. The molecule has 0 spiro atoms. The van der Waals surface area contributed by atoms with Gasteiger partial charge in [0.15, 0.2) is 11.6 Å². The highest BCUT2D eigenvalue weighted by Crippen LogP contribution is 2.23. The average Bonchev–Trinajstić information content (AvgIpc) is 2.63. The molecule has 0 radical (unpaired) electrons. The first-order valence-corrected chi connectivity index (χ1v) is 8.50. The molecule has 2 aromatic carbocycles. The third-order valence-corrected chi connectivity index (χ3v) is 4.50. The number of pyridine rings is 1. The van der Waals surface area contributed by atoms with Crippen LogP contribution in [0.3, 0.4) is 0 Å². The molecule has 0 saturated carbocycles. The first-order chi connectivity index (χ1) is 12.8. The Labute approximate surface area is 163 Å². The second kappa shape index (κ2) is 7.90. The summed E-state index contributed by atoms with van der Waals surface area (Å²) in [5.74, 6) is -2.65. The van der Waals surface area contributed by atoms with E-state index in [0.29, 0.717) is 10.0 Å². The molecule has 3 aromatic rings. The molecule has 0 saturated heterocycles. The molecule has 3 rings (SSSR count). The molecule has 1 heterocycles. The van der Waals surface area contributed by atoms with Crippen LogP contribution in [0.5, 0.6) is 0 Å². The topological polar surface area (TPSA) is 51.1 Å². The minimum Gasteiger partial charge on any atom is -0.322 e. The predicted octanol–water partition coefficient (Wildman–Crippen LogP) is 4.73. The lowest BCUT2D eigenvalue weighted by atomic mass is 10.2. The van der Waals surface area contributed by atoms with E-state index in [2.05, 4.69) is 5.32 Å². The molecule has 4 nitrogen and oxygen atoms in total. The number of amides is 1. The van der Waals surface area contributed by atoms with Crippen LogP contribution in [-0.4, -0.2) is 10.5 Å². The molecule has 27 heavy (non-hydrogen) atoms. The van der Waals surface area contributed by atoms with Crippen molar-refractivity contribution in [1.82, 2.24) is 4.57 Å². The van der Waals surface area contributed by atoms with Crippen LogP contribution in [0.4, 0.5) is 14.5 Å². The number of halogens is 4. The van der Waals surface area contributed by atoms with Gasteiger partial charge in [-0.3, -0.25) is 9.59 Å². The third kappa shape index (κ3) is 4.53. The van der Waals surface area contributed by atoms with Crippen LogP contribution >= 0.6 is 23.2 Å². The van der Waals surface area contributed by atoms with Gasteiger partial charge in [0.1, 0.15) is 0 Å². The summed E-state index contributed by atoms with van der Waals surface area (Å²) in [5, 5.41) is 3.21. The summed E-state index contributed by atoms with van der Waals surface area (Å²) in [5.41, 5.74) is 0.690. The van der Waals surface area contributed by atoms with Gasteiger partial charge < -0.3 is 9.88 Å². The van der Waals surface area contributed by atoms with Crippen LogP contribution in [0, 0.1) is 11.6 Å². The minimum absolute atomic E-state index is 0.0983. The maximum atomic E-state index is 13.3. The normalized spacial score (nSPS) is 10.7. The number of rotatable bonds is 4. The van der Waals surface area contributed by atoms with Crippen LogP contribution < -0.4 is 10.9 Å². The molecular formula is C19H12Cl2F2N2O2. The Kier molecular flexibility index (Phi) is 5.58. The summed E-state index contributed by atoms with van der Waals surface area (Å²) in [6.45, 7) is 0.183. The maximum absolute atomic E-state index is 13.3. The Balaban J connectivity index is 1.83. The van der Waals surface area contributed by atoms with E-state index in [4.69, 9.17) is 23.2 Å². The number of benzene rings is 2. The lowest BCUT2D eigenvalue weighted by molar-refractivity contribution is 0.102. The summed E-state index contributed by atoms with van der Waals surface area (Å²) in [4.78, 5) is 24.4. The largest absolute Gasteiger partial charge is 0.322 e. The van der Waals surface area contributed by atoms with E-state index in [1.54, 1.807) is 18.2 Å². The van der Waals surface area contributed by atoms with E-state index in [9.17, 15) is 18.4 Å². The second-order valence-electron chi connectivity index (χ2n) is 5.72. The van der Waals surface area contributed by atoms with E-state index < -0.39 is 17.5 Å². The van der Waals surface area contributed by atoms with Gasteiger partial charge in [-0.25, -0.2) is 8.78 Å². The zero-order chi connectivity index (χ0) is 19.6. The molecule has 0 fully saturated rings. The first kappa shape index (κ1) is 19.1. The molecule has 1 amide bonds. The highest BCUT2D eigenvalue weighted by Gasteiger charge is 2.11. The van der Waals surface area contributed by atoms with E-state index in [1.807, 2.05) is 0 Å². The molecule has 8 heteroatoms. The Morgan fingerprint density at radius 1 is 0.963 bits per heavy atom. The van der Waals surface area contributed by atoms with Crippen molar-refractivity contribution in [3.63, 3.8) is 0 Å². The third-order valence-electron chi connectivity index (χ3n) is 3.76. The minimum atomic E-state index is -1.07. The zero-order valence-electron chi connectivity index (χ0n) is 13.7. The Bertz CT molecular complexity index is 1080. The Hall–Kier alpha value is -2.70. The molecule has 0 aliphatic carbocycles. The van der Waals surface area contributed by atoms with Gasteiger partial charge in [0.2, 0.25) is 0 Å². The maximum Gasteiger partial charge on any atom is 0.257 e. The Morgan fingerprint density at radius 2 is 1.74 bits per heavy atom. The smallest absolute Gasteiger partial charge is 0.257 e. The SMILES string of the molecule is O=C(Nc1ccc(F)c(F)c1)c1ccc(=O)n(Cc2ccc(Cl)c(Cl)c2)c1. The predicted molar refractivity (Wildman–Crippen MR) is 101 cm³/mol. The number of anilines is 1. The number of carbonyl (C=O) groups excluding carboxylic acids is 1. The number of nitrogens with one attached hydrogen (secondary N) is 1. The highest BCUT2D eigenvalue weighted by atomic mass is 35.5. The zero-order valence-corrected chi connectivity index (χ0v) is 15.2. The Morgan fingerprint density at radius 3 is 2.44 bits per heavy atom. The fourth-order valence-electron chi connectivity index (χ4n) is 2.40. The number of aromatic nitrogens is 1. The molecule has 0 aliphatic heterocycles. The molecule has 0 unspecified atom stereocenters. The van der Waals surface area contributed by atoms with Gasteiger partial charge in [-0.1, -0.05) is 29.3 Å². The van der Waals surface area contributed by atoms with Gasteiger partial charge in [0, 0.05) is 24.0 Å². The van der Waals surface area contributed by atoms with Crippen LogP contribution in [-0.2, 0) is 6.54 Å². The van der Waals surface area contributed by atoms with Crippen molar-refractivity contribution >= 4 is 34.8 Å². The lowest BCUT2D eigenvalue weighted by Gasteiger charge is -2.10. The number of carbonyl (C=O) groups is 1. The fourth-order valence-corrected chi connectivity index (χ4v) is 2.72. The van der Waals surface area contributed by atoms with Gasteiger partial charge in [-0.2, -0.15) is 0 Å². The van der Waals surface area contributed by atoms with Gasteiger partial charge in [0.05, 0.1) is 22.2 Å². The van der Waals surface area contributed by atoms with Crippen molar-refractivity contribution in [2.45, 2.75) is 6.54 Å². The standard InChI is InChI=1S/C19H12Cl2F2N2O2/c20-14-4-1-11(7-15(14)21)9-25-10-12(2-6-18(25)26)19(27)24-13-3-5-16(22)17(23)8-13/h1-8,10H,9H2,(H,24,27). The van der Waals surface area contributed by atoms with Gasteiger partial charge >= 0.3 is 0 Å². The van der Waals surface area contributed by atoms with Crippen LogP contribution in [0.25, 0.3) is 0 Å². The molecule has 0 aliphatic rings. The van der Waals surface area contributed by atoms with Crippen molar-refractivity contribution in [2.24, 2.45) is 0 Å². The van der Waals surface area contributed by atoms with E-state index in [0.717, 1.165) is 17.7 Å². The molecule has 1 aromatic heterocycles. The molecule has 0 bridgehead atoms. The summed E-state index contributed by atoms with van der Waals surface area (Å²) in [6, 6.07) is 10.6. The van der Waals surface area contributed by atoms with Crippen molar-refractivity contribution in [1.29, 1.82) is 0 Å². The fraction of sp³-hybridized carbons (Fsp3) is 0.0526. The molecule has 0 atom stereocenters. The van der Waals surface area contributed by atoms with Crippen LogP contribution in [0.1, 0.15) is 15.9 Å². The van der Waals surface area contributed by atoms with E-state index >= 15 is 0 Å². The lowest BCUT2D eigenvalue weighted by Crippen LogP contribution is -2.22. The van der Waals surface area contributed by atoms with Crippen molar-refractivity contribution in [2.75, 3.05) is 5.32 Å².